The Hall–Kier alpha value is -2.18. The summed E-state index contributed by atoms with van der Waals surface area (Å²) < 4.78 is 6.24. The Labute approximate surface area is 163 Å². The lowest BCUT2D eigenvalue weighted by atomic mass is 10.1. The molecule has 0 N–H and O–H groups in total. The topological polar surface area (TPSA) is 42.4 Å². The predicted molar refractivity (Wildman–Crippen MR) is 111 cm³/mol. The fourth-order valence-electron chi connectivity index (χ4n) is 2.40. The Kier molecular flexibility index (Phi) is 6.06. The van der Waals surface area contributed by atoms with E-state index in [9.17, 15) is 4.79 Å². The number of carbonyl (C=O) groups is 1. The molecule has 4 nitrogen and oxygen atoms in total. The number of amides is 1. The lowest BCUT2D eigenvalue weighted by Crippen LogP contribution is -2.27. The van der Waals surface area contributed by atoms with Gasteiger partial charge < -0.3 is 4.74 Å². The third kappa shape index (κ3) is 4.51. The first-order chi connectivity index (χ1) is 12.5. The van der Waals surface area contributed by atoms with E-state index < -0.39 is 0 Å². The van der Waals surface area contributed by atoms with E-state index in [0.29, 0.717) is 27.4 Å². The highest BCUT2D eigenvalue weighted by atomic mass is 32.2. The molecule has 26 heavy (non-hydrogen) atoms. The van der Waals surface area contributed by atoms with Gasteiger partial charge in [0.1, 0.15) is 5.75 Å². The van der Waals surface area contributed by atoms with Crippen molar-refractivity contribution in [1.29, 1.82) is 0 Å². The van der Waals surface area contributed by atoms with E-state index in [1.807, 2.05) is 36.4 Å². The first-order valence-electron chi connectivity index (χ1n) is 8.45. The van der Waals surface area contributed by atoms with Crippen LogP contribution in [0, 0.1) is 5.92 Å². The molecule has 1 aliphatic heterocycles. The average Bonchev–Trinajstić information content (AvgIpc) is 2.90. The SMILES string of the molecule is CC(C)CCOc1ccc(/C=C2\SC(=S)N(c3cccnc3)C2=O)cc1. The molecule has 0 radical (unpaired) electrons. The maximum Gasteiger partial charge on any atom is 0.270 e. The van der Waals surface area contributed by atoms with Crippen LogP contribution < -0.4 is 9.64 Å². The van der Waals surface area contributed by atoms with Crippen LogP contribution in [0.3, 0.4) is 0 Å². The number of ether oxygens (including phenoxy) is 1. The van der Waals surface area contributed by atoms with E-state index in [1.54, 1.807) is 18.5 Å². The van der Waals surface area contributed by atoms with Crippen LogP contribution >= 0.6 is 24.0 Å². The highest BCUT2D eigenvalue weighted by molar-refractivity contribution is 8.27. The molecule has 1 fully saturated rings. The van der Waals surface area contributed by atoms with Gasteiger partial charge in [0.25, 0.3) is 5.91 Å². The van der Waals surface area contributed by atoms with E-state index in [4.69, 9.17) is 17.0 Å². The molecule has 0 unspecified atom stereocenters. The normalized spacial score (nSPS) is 16.0. The standard InChI is InChI=1S/C20H20N2O2S2/c1-14(2)9-11-24-17-7-5-15(6-8-17)12-18-19(23)22(20(25)26-18)16-4-3-10-21-13-16/h3-8,10,12-14H,9,11H2,1-2H3/b18-12-. The molecule has 6 heteroatoms. The van der Waals surface area contributed by atoms with E-state index in [0.717, 1.165) is 17.7 Å². The highest BCUT2D eigenvalue weighted by Crippen LogP contribution is 2.35. The molecule has 0 spiro atoms. The monoisotopic (exact) mass is 384 g/mol. The molecule has 1 aromatic heterocycles. The van der Waals surface area contributed by atoms with Crippen molar-refractivity contribution < 1.29 is 9.53 Å². The van der Waals surface area contributed by atoms with Crippen LogP contribution in [0.5, 0.6) is 5.75 Å². The van der Waals surface area contributed by atoms with E-state index in [2.05, 4.69) is 18.8 Å². The summed E-state index contributed by atoms with van der Waals surface area (Å²) in [5, 5.41) is 0. The second-order valence-electron chi connectivity index (χ2n) is 6.33. The molecule has 1 aliphatic rings. The average molecular weight is 385 g/mol. The second-order valence-corrected chi connectivity index (χ2v) is 8.00. The zero-order valence-corrected chi connectivity index (χ0v) is 16.3. The number of thioether (sulfide) groups is 1. The Bertz CT molecular complexity index is 817. The lowest BCUT2D eigenvalue weighted by Gasteiger charge is -2.13. The van der Waals surface area contributed by atoms with Crippen molar-refractivity contribution in [2.24, 2.45) is 5.92 Å². The van der Waals surface area contributed by atoms with Gasteiger partial charge in [0.15, 0.2) is 4.32 Å². The van der Waals surface area contributed by atoms with Crippen LogP contribution in [0.4, 0.5) is 5.69 Å². The molecule has 1 amide bonds. The second kappa shape index (κ2) is 8.47. The summed E-state index contributed by atoms with van der Waals surface area (Å²) in [5.74, 6) is 1.34. The fourth-order valence-corrected chi connectivity index (χ4v) is 3.70. The number of benzene rings is 1. The van der Waals surface area contributed by atoms with Crippen LogP contribution in [0.25, 0.3) is 6.08 Å². The molecule has 134 valence electrons. The molecule has 2 aromatic rings. The van der Waals surface area contributed by atoms with Gasteiger partial charge in [0, 0.05) is 6.20 Å². The third-order valence-electron chi connectivity index (χ3n) is 3.84. The molecule has 0 bridgehead atoms. The van der Waals surface area contributed by atoms with Crippen LogP contribution in [-0.2, 0) is 4.79 Å². The summed E-state index contributed by atoms with van der Waals surface area (Å²) in [4.78, 5) is 18.9. The Morgan fingerprint density at radius 2 is 2.04 bits per heavy atom. The zero-order valence-electron chi connectivity index (χ0n) is 14.7. The molecular formula is C20H20N2O2S2. The van der Waals surface area contributed by atoms with Crippen LogP contribution in [0.15, 0.2) is 53.7 Å². The maximum atomic E-state index is 12.7. The van der Waals surface area contributed by atoms with Crippen LogP contribution in [0.1, 0.15) is 25.8 Å². The molecule has 3 rings (SSSR count). The molecule has 1 aromatic carbocycles. The van der Waals surface area contributed by atoms with Crippen molar-refractivity contribution >= 4 is 46.0 Å². The summed E-state index contributed by atoms with van der Waals surface area (Å²) in [5.41, 5.74) is 1.63. The maximum absolute atomic E-state index is 12.7. The first-order valence-corrected chi connectivity index (χ1v) is 9.68. The van der Waals surface area contributed by atoms with Crippen molar-refractivity contribution in [3.05, 3.63) is 59.3 Å². The predicted octanol–water partition coefficient (Wildman–Crippen LogP) is 4.91. The van der Waals surface area contributed by atoms with Crippen molar-refractivity contribution in [3.8, 4) is 5.75 Å². The van der Waals surface area contributed by atoms with E-state index in [-0.39, 0.29) is 5.91 Å². The molecule has 0 atom stereocenters. The van der Waals surface area contributed by atoms with Crippen molar-refractivity contribution in [1.82, 2.24) is 4.98 Å². The Morgan fingerprint density at radius 3 is 2.69 bits per heavy atom. The van der Waals surface area contributed by atoms with Gasteiger partial charge >= 0.3 is 0 Å². The van der Waals surface area contributed by atoms with Crippen LogP contribution in [0.2, 0.25) is 0 Å². The number of thiocarbonyl (C=S) groups is 1. The van der Waals surface area contributed by atoms with Gasteiger partial charge in [-0.3, -0.25) is 14.7 Å². The number of rotatable bonds is 6. The summed E-state index contributed by atoms with van der Waals surface area (Å²) in [6, 6.07) is 11.4. The van der Waals surface area contributed by atoms with Crippen molar-refractivity contribution in [2.45, 2.75) is 20.3 Å². The van der Waals surface area contributed by atoms with Gasteiger partial charge in [-0.05, 0) is 48.2 Å². The number of aromatic nitrogens is 1. The minimum Gasteiger partial charge on any atom is -0.494 e. The summed E-state index contributed by atoms with van der Waals surface area (Å²) in [6.45, 7) is 5.06. The largest absolute Gasteiger partial charge is 0.494 e. The number of hydrogen-bond donors (Lipinski definition) is 0. The number of hydrogen-bond acceptors (Lipinski definition) is 5. The van der Waals surface area contributed by atoms with Crippen molar-refractivity contribution in [2.75, 3.05) is 11.5 Å². The van der Waals surface area contributed by atoms with Gasteiger partial charge in [0.05, 0.1) is 23.4 Å². The Balaban J connectivity index is 1.70. The third-order valence-corrected chi connectivity index (χ3v) is 5.14. The minimum atomic E-state index is -0.120. The van der Waals surface area contributed by atoms with Gasteiger partial charge in [-0.2, -0.15) is 0 Å². The molecule has 1 saturated heterocycles. The number of pyridine rings is 1. The van der Waals surface area contributed by atoms with Gasteiger partial charge in [-0.15, -0.1) is 0 Å². The molecular weight excluding hydrogens is 364 g/mol. The summed E-state index contributed by atoms with van der Waals surface area (Å²) in [6.07, 6.45) is 6.19. The first kappa shape index (κ1) is 18.6. The summed E-state index contributed by atoms with van der Waals surface area (Å²) in [7, 11) is 0. The van der Waals surface area contributed by atoms with Gasteiger partial charge in [0.2, 0.25) is 0 Å². The smallest absolute Gasteiger partial charge is 0.270 e. The molecule has 2 heterocycles. The zero-order chi connectivity index (χ0) is 18.5. The Morgan fingerprint density at radius 1 is 1.27 bits per heavy atom. The van der Waals surface area contributed by atoms with Crippen molar-refractivity contribution in [3.63, 3.8) is 0 Å². The fraction of sp³-hybridized carbons (Fsp3) is 0.250. The molecule has 0 saturated carbocycles. The van der Waals surface area contributed by atoms with Crippen LogP contribution in [-0.4, -0.2) is 21.8 Å². The lowest BCUT2D eigenvalue weighted by molar-refractivity contribution is -0.113. The number of carbonyl (C=O) groups excluding carboxylic acids is 1. The molecule has 0 aliphatic carbocycles. The van der Waals surface area contributed by atoms with E-state index in [1.165, 1.54) is 16.7 Å². The number of anilines is 1. The van der Waals surface area contributed by atoms with E-state index >= 15 is 0 Å². The highest BCUT2D eigenvalue weighted by Gasteiger charge is 2.33. The van der Waals surface area contributed by atoms with Gasteiger partial charge in [-0.1, -0.05) is 50.0 Å². The quantitative estimate of drug-likeness (QED) is 0.523. The summed E-state index contributed by atoms with van der Waals surface area (Å²) >= 11 is 6.66. The number of nitrogens with zero attached hydrogens (tertiary/aromatic N) is 2. The van der Waals surface area contributed by atoms with Gasteiger partial charge in [-0.25, -0.2) is 0 Å². The minimum absolute atomic E-state index is 0.120.